The Morgan fingerprint density at radius 2 is 1.82 bits per heavy atom. The third-order valence-corrected chi connectivity index (χ3v) is 8.01. The predicted molar refractivity (Wildman–Crippen MR) is 159 cm³/mol. The number of fused-ring (bicyclic) bond motifs is 3. The Labute approximate surface area is 236 Å². The molecule has 1 saturated heterocycles. The van der Waals surface area contributed by atoms with Gasteiger partial charge in [0.05, 0.1) is 23.4 Å². The van der Waals surface area contributed by atoms with Gasteiger partial charge in [0.25, 0.3) is 0 Å². The predicted octanol–water partition coefficient (Wildman–Crippen LogP) is 6.46. The van der Waals surface area contributed by atoms with Crippen molar-refractivity contribution in [2.45, 2.75) is 26.2 Å². The van der Waals surface area contributed by atoms with E-state index in [0.29, 0.717) is 23.9 Å². The normalized spacial score (nSPS) is 14.6. The molecule has 208 valence electrons. The summed E-state index contributed by atoms with van der Waals surface area (Å²) < 4.78 is 20.2. The van der Waals surface area contributed by atoms with Crippen LogP contribution < -0.4 is 15.4 Å². The molecular weight excluding hydrogens is 526 g/mol. The van der Waals surface area contributed by atoms with Gasteiger partial charge in [-0.1, -0.05) is 38.1 Å². The zero-order valence-electron chi connectivity index (χ0n) is 22.9. The van der Waals surface area contributed by atoms with E-state index in [2.05, 4.69) is 49.5 Å². The molecule has 2 aromatic carbocycles. The molecule has 0 aliphatic carbocycles. The molecule has 0 radical (unpaired) electrons. The van der Waals surface area contributed by atoms with Gasteiger partial charge in [-0.25, -0.2) is 4.79 Å². The first-order chi connectivity index (χ1) is 19.3. The third kappa shape index (κ3) is 5.84. The molecule has 2 N–H and O–H groups in total. The molecule has 1 fully saturated rings. The zero-order valence-corrected chi connectivity index (χ0v) is 23.7. The van der Waals surface area contributed by atoms with Gasteiger partial charge in [-0.15, -0.1) is 11.3 Å². The van der Waals surface area contributed by atoms with Crippen molar-refractivity contribution in [3.8, 4) is 16.9 Å². The second-order valence-electron chi connectivity index (χ2n) is 11.0. The summed E-state index contributed by atoms with van der Waals surface area (Å²) in [6.45, 7) is 11.2. The van der Waals surface area contributed by atoms with E-state index in [9.17, 15) is 4.79 Å². The topological polar surface area (TPSA) is 93.3 Å². The number of nitrogens with zero attached hydrogens (tertiary/aromatic N) is 3. The Hall–Kier alpha value is -3.86. The lowest BCUT2D eigenvalue weighted by Crippen LogP contribution is -2.38. The number of amides is 2. The molecule has 2 amide bonds. The fourth-order valence-electron chi connectivity index (χ4n) is 4.67. The van der Waals surface area contributed by atoms with Crippen molar-refractivity contribution in [2.75, 3.05) is 50.1 Å². The number of anilines is 2. The molecule has 9 nitrogen and oxygen atoms in total. The summed E-state index contributed by atoms with van der Waals surface area (Å²) >= 11 is 1.75. The minimum atomic E-state index is -0.373. The molecule has 0 unspecified atom stereocenters. The number of thiazole rings is 1. The Morgan fingerprint density at radius 1 is 1.02 bits per heavy atom. The number of nitrogens with one attached hydrogen (secondary N) is 2. The van der Waals surface area contributed by atoms with Crippen molar-refractivity contribution < 1.29 is 18.8 Å². The van der Waals surface area contributed by atoms with E-state index in [1.807, 2.05) is 51.1 Å². The summed E-state index contributed by atoms with van der Waals surface area (Å²) in [5.74, 6) is 1.99. The zero-order chi connectivity index (χ0) is 27.7. The van der Waals surface area contributed by atoms with Crippen LogP contribution in [0.3, 0.4) is 0 Å². The molecule has 4 heterocycles. The van der Waals surface area contributed by atoms with E-state index >= 15 is 0 Å². The number of ether oxygens (including phenoxy) is 2. The monoisotopic (exact) mass is 559 g/mol. The molecular formula is C30H33N5O4S. The number of rotatable bonds is 7. The molecule has 3 aromatic heterocycles. The lowest BCUT2D eigenvalue weighted by Gasteiger charge is -2.26. The van der Waals surface area contributed by atoms with Crippen molar-refractivity contribution in [3.63, 3.8) is 0 Å². The molecule has 0 saturated carbocycles. The molecule has 6 rings (SSSR count). The highest BCUT2D eigenvalue weighted by atomic mass is 32.1. The summed E-state index contributed by atoms with van der Waals surface area (Å²) in [6.07, 6.45) is 2.15. The number of hydrogen-bond donors (Lipinski definition) is 2. The number of benzene rings is 2. The summed E-state index contributed by atoms with van der Waals surface area (Å²) in [7, 11) is 0. The van der Waals surface area contributed by atoms with Gasteiger partial charge in [0, 0.05) is 48.6 Å². The van der Waals surface area contributed by atoms with Crippen LogP contribution in [0.2, 0.25) is 0 Å². The molecule has 40 heavy (non-hydrogen) atoms. The molecule has 1 aliphatic heterocycles. The molecule has 0 spiro atoms. The van der Waals surface area contributed by atoms with Crippen molar-refractivity contribution in [2.24, 2.45) is 0 Å². The highest BCUT2D eigenvalue weighted by Gasteiger charge is 2.20. The quantitative estimate of drug-likeness (QED) is 0.238. The van der Waals surface area contributed by atoms with Crippen molar-refractivity contribution in [3.05, 3.63) is 66.6 Å². The fraction of sp³-hybridized carbons (Fsp3) is 0.333. The summed E-state index contributed by atoms with van der Waals surface area (Å²) in [5, 5.41) is 9.49. The molecule has 1 aliphatic rings. The largest absolute Gasteiger partial charge is 0.492 e. The van der Waals surface area contributed by atoms with Crippen LogP contribution in [0.1, 0.15) is 26.5 Å². The van der Waals surface area contributed by atoms with E-state index in [0.717, 1.165) is 55.2 Å². The second kappa shape index (κ2) is 11.0. The van der Waals surface area contributed by atoms with Crippen LogP contribution in [0.25, 0.3) is 26.2 Å². The molecule has 10 heteroatoms. The van der Waals surface area contributed by atoms with Crippen LogP contribution in [0.4, 0.5) is 16.3 Å². The van der Waals surface area contributed by atoms with Crippen LogP contribution in [0, 0.1) is 0 Å². The highest BCUT2D eigenvalue weighted by Crippen LogP contribution is 2.34. The van der Waals surface area contributed by atoms with Gasteiger partial charge >= 0.3 is 6.03 Å². The lowest BCUT2D eigenvalue weighted by molar-refractivity contribution is 0.0322. The molecule has 0 bridgehead atoms. The van der Waals surface area contributed by atoms with Crippen LogP contribution in [0.15, 0.2) is 65.3 Å². The standard InChI is InChI=1S/C30H33N5O4S/c1-30(2,3)26-18-27(33-39-26)32-29(36)31-22-6-4-20(5-7-22)21-16-28-35(19-21)24-9-8-23(17-25(24)40-28)38-15-12-34-10-13-37-14-11-34/h4-9,16-19H,10-15H2,1-3H3,(H2,31,32,33,36). The lowest BCUT2D eigenvalue weighted by atomic mass is 9.93. The van der Waals surface area contributed by atoms with Gasteiger partial charge in [0.15, 0.2) is 5.82 Å². The van der Waals surface area contributed by atoms with Crippen LogP contribution in [-0.4, -0.2) is 59.9 Å². The summed E-state index contributed by atoms with van der Waals surface area (Å²) in [6, 6.07) is 17.6. The Morgan fingerprint density at radius 3 is 2.58 bits per heavy atom. The van der Waals surface area contributed by atoms with Crippen LogP contribution >= 0.6 is 11.3 Å². The van der Waals surface area contributed by atoms with Gasteiger partial charge < -0.3 is 23.7 Å². The average Bonchev–Trinajstić information content (AvgIpc) is 3.64. The maximum Gasteiger partial charge on any atom is 0.324 e. The Bertz CT molecular complexity index is 1620. The SMILES string of the molecule is CC(C)(C)c1cc(NC(=O)Nc2ccc(-c3cc4sc5cc(OCCN6CCOCC6)ccc5n4c3)cc2)no1. The van der Waals surface area contributed by atoms with E-state index in [1.54, 1.807) is 17.4 Å². The first-order valence-electron chi connectivity index (χ1n) is 13.4. The number of hydrogen-bond acceptors (Lipinski definition) is 7. The van der Waals surface area contributed by atoms with Crippen molar-refractivity contribution >= 4 is 43.9 Å². The van der Waals surface area contributed by atoms with Crippen molar-refractivity contribution in [1.29, 1.82) is 0 Å². The second-order valence-corrected chi connectivity index (χ2v) is 12.0. The van der Waals surface area contributed by atoms with Gasteiger partial charge in [-0.2, -0.15) is 0 Å². The van der Waals surface area contributed by atoms with E-state index in [-0.39, 0.29) is 11.4 Å². The number of carbonyl (C=O) groups excluding carboxylic acids is 1. The Kier molecular flexibility index (Phi) is 7.22. The summed E-state index contributed by atoms with van der Waals surface area (Å²) in [4.78, 5) is 16.0. The van der Waals surface area contributed by atoms with E-state index in [4.69, 9.17) is 14.0 Å². The highest BCUT2D eigenvalue weighted by molar-refractivity contribution is 7.24. The van der Waals surface area contributed by atoms with E-state index in [1.165, 1.54) is 9.53 Å². The average molecular weight is 560 g/mol. The van der Waals surface area contributed by atoms with E-state index < -0.39 is 0 Å². The van der Waals surface area contributed by atoms with Gasteiger partial charge in [-0.05, 0) is 42.0 Å². The van der Waals surface area contributed by atoms with Crippen LogP contribution in [0.5, 0.6) is 5.75 Å². The fourth-order valence-corrected chi connectivity index (χ4v) is 5.78. The minimum absolute atomic E-state index is 0.181. The first-order valence-corrected chi connectivity index (χ1v) is 14.3. The number of urea groups is 1. The maximum atomic E-state index is 12.4. The number of morpholine rings is 1. The Balaban J connectivity index is 1.08. The van der Waals surface area contributed by atoms with Gasteiger partial charge in [0.1, 0.15) is 22.9 Å². The van der Waals surface area contributed by atoms with Gasteiger partial charge in [0.2, 0.25) is 0 Å². The first kappa shape index (κ1) is 26.4. The summed E-state index contributed by atoms with van der Waals surface area (Å²) in [5.41, 5.74) is 3.86. The third-order valence-electron chi connectivity index (χ3n) is 6.94. The van der Waals surface area contributed by atoms with Crippen LogP contribution in [-0.2, 0) is 10.2 Å². The molecule has 5 aromatic rings. The number of carbonyl (C=O) groups is 1. The smallest absolute Gasteiger partial charge is 0.324 e. The maximum absolute atomic E-state index is 12.4. The number of aromatic nitrogens is 2. The van der Waals surface area contributed by atoms with Crippen molar-refractivity contribution in [1.82, 2.24) is 14.5 Å². The minimum Gasteiger partial charge on any atom is -0.492 e. The molecule has 0 atom stereocenters. The van der Waals surface area contributed by atoms with Gasteiger partial charge in [-0.3, -0.25) is 10.2 Å².